The van der Waals surface area contributed by atoms with Gasteiger partial charge in [0.05, 0.1) is 11.3 Å². The summed E-state index contributed by atoms with van der Waals surface area (Å²) in [7, 11) is 0. The Balaban J connectivity index is 2.40. The zero-order chi connectivity index (χ0) is 17.4. The number of nitrogens with two attached hydrogens (primary N) is 2. The maximum atomic E-state index is 9.81. The maximum absolute atomic E-state index is 9.81. The van der Waals surface area contributed by atoms with Gasteiger partial charge in [0.15, 0.2) is 0 Å². The Labute approximate surface area is 145 Å². The van der Waals surface area contributed by atoms with Crippen molar-refractivity contribution in [1.82, 2.24) is 9.97 Å². The number of aromatic nitrogens is 2. The first kappa shape index (κ1) is 16.4. The predicted molar refractivity (Wildman–Crippen MR) is 95.5 cm³/mol. The number of hydrogen-bond acceptors (Lipinski definition) is 7. The van der Waals surface area contributed by atoms with E-state index in [0.717, 1.165) is 5.56 Å². The molecule has 0 unspecified atom stereocenters. The molecule has 8 heteroatoms. The SMILES string of the molecule is CCN(CC)c1nc(N)c2c(N)nc3c(c2c1C#N)C[C@H](CCl)O3. The molecule has 0 fully saturated rings. The van der Waals surface area contributed by atoms with Crippen LogP contribution >= 0.6 is 11.6 Å². The van der Waals surface area contributed by atoms with Crippen molar-refractivity contribution in [2.75, 3.05) is 35.3 Å². The second-order valence-corrected chi connectivity index (χ2v) is 5.92. The molecule has 24 heavy (non-hydrogen) atoms. The molecule has 0 amide bonds. The van der Waals surface area contributed by atoms with Gasteiger partial charge in [-0.15, -0.1) is 11.6 Å². The van der Waals surface area contributed by atoms with Crippen molar-refractivity contribution < 1.29 is 4.74 Å². The molecule has 126 valence electrons. The topological polar surface area (TPSA) is 114 Å². The van der Waals surface area contributed by atoms with Crippen LogP contribution < -0.4 is 21.1 Å². The van der Waals surface area contributed by atoms with Crippen LogP contribution in [0, 0.1) is 11.3 Å². The first-order valence-electron chi connectivity index (χ1n) is 7.84. The van der Waals surface area contributed by atoms with Crippen LogP contribution in [0.25, 0.3) is 10.8 Å². The minimum atomic E-state index is -0.183. The molecule has 1 aliphatic rings. The third kappa shape index (κ3) is 2.34. The van der Waals surface area contributed by atoms with Crippen molar-refractivity contribution in [1.29, 1.82) is 5.26 Å². The molecular weight excluding hydrogens is 328 g/mol. The standard InChI is InChI=1S/C16H19ClN6O/c1-3-23(4-2)15-10(7-18)11-9-5-8(6-17)24-16(9)22-14(20)12(11)13(19)21-15/h8H,3-6H2,1-2H3,(H2,19,21)(H2,20,22)/t8-/m1/s1. The first-order chi connectivity index (χ1) is 11.5. The van der Waals surface area contributed by atoms with E-state index in [2.05, 4.69) is 16.0 Å². The van der Waals surface area contributed by atoms with Crippen LogP contribution in [0.5, 0.6) is 5.88 Å². The van der Waals surface area contributed by atoms with E-state index in [4.69, 9.17) is 27.8 Å². The Kier molecular flexibility index (Phi) is 4.24. The summed E-state index contributed by atoms with van der Waals surface area (Å²) in [6.07, 6.45) is 0.385. The van der Waals surface area contributed by atoms with Gasteiger partial charge in [0.25, 0.3) is 0 Å². The largest absolute Gasteiger partial charge is 0.472 e. The van der Waals surface area contributed by atoms with E-state index < -0.39 is 0 Å². The highest BCUT2D eigenvalue weighted by Crippen LogP contribution is 2.41. The lowest BCUT2D eigenvalue weighted by molar-refractivity contribution is 0.250. The lowest BCUT2D eigenvalue weighted by Crippen LogP contribution is -2.24. The molecule has 0 aromatic carbocycles. The van der Waals surface area contributed by atoms with Crippen molar-refractivity contribution >= 4 is 39.8 Å². The van der Waals surface area contributed by atoms with Gasteiger partial charge in [-0.2, -0.15) is 10.2 Å². The Morgan fingerprint density at radius 2 is 1.92 bits per heavy atom. The van der Waals surface area contributed by atoms with Crippen LogP contribution in [0.4, 0.5) is 17.5 Å². The van der Waals surface area contributed by atoms with Crippen LogP contribution in [0.2, 0.25) is 0 Å². The number of nitrogens with zero attached hydrogens (tertiary/aromatic N) is 4. The van der Waals surface area contributed by atoms with E-state index in [0.29, 0.717) is 53.4 Å². The van der Waals surface area contributed by atoms with Gasteiger partial charge < -0.3 is 21.1 Å². The van der Waals surface area contributed by atoms with E-state index in [1.165, 1.54) is 0 Å². The number of alkyl halides is 1. The van der Waals surface area contributed by atoms with Gasteiger partial charge in [0.1, 0.15) is 35.2 Å². The normalized spacial score (nSPS) is 15.8. The van der Waals surface area contributed by atoms with Gasteiger partial charge in [-0.1, -0.05) is 0 Å². The molecule has 0 bridgehead atoms. The van der Waals surface area contributed by atoms with Gasteiger partial charge in [-0.05, 0) is 13.8 Å². The summed E-state index contributed by atoms with van der Waals surface area (Å²) >= 11 is 5.93. The number of nitrogen functional groups attached to an aromatic ring is 2. The lowest BCUT2D eigenvalue weighted by Gasteiger charge is -2.23. The molecule has 4 N–H and O–H groups in total. The van der Waals surface area contributed by atoms with Gasteiger partial charge in [-0.25, -0.2) is 4.98 Å². The average Bonchev–Trinajstić information content (AvgIpc) is 2.98. The fourth-order valence-corrected chi connectivity index (χ4v) is 3.32. The van der Waals surface area contributed by atoms with E-state index in [1.54, 1.807) is 0 Å². The molecule has 1 atom stereocenters. The molecule has 0 saturated carbocycles. The zero-order valence-corrected chi connectivity index (χ0v) is 14.4. The van der Waals surface area contributed by atoms with Crippen molar-refractivity contribution in [2.45, 2.75) is 26.4 Å². The molecule has 0 saturated heterocycles. The predicted octanol–water partition coefficient (Wildman–Crippen LogP) is 2.05. The summed E-state index contributed by atoms with van der Waals surface area (Å²) in [5, 5.41) is 11.0. The number of rotatable bonds is 4. The maximum Gasteiger partial charge on any atom is 0.219 e. The molecule has 7 nitrogen and oxygen atoms in total. The second kappa shape index (κ2) is 6.21. The van der Waals surface area contributed by atoms with E-state index in [9.17, 15) is 5.26 Å². The van der Waals surface area contributed by atoms with E-state index in [1.807, 2.05) is 18.7 Å². The monoisotopic (exact) mass is 346 g/mol. The van der Waals surface area contributed by atoms with Crippen LogP contribution in [0.1, 0.15) is 25.0 Å². The smallest absolute Gasteiger partial charge is 0.219 e. The Bertz CT molecular complexity index is 843. The number of pyridine rings is 2. The molecule has 3 heterocycles. The molecule has 1 aliphatic heterocycles. The van der Waals surface area contributed by atoms with Crippen LogP contribution in [0.15, 0.2) is 0 Å². The van der Waals surface area contributed by atoms with Crippen molar-refractivity contribution in [3.8, 4) is 11.9 Å². The van der Waals surface area contributed by atoms with Gasteiger partial charge in [0, 0.05) is 30.5 Å². The zero-order valence-electron chi connectivity index (χ0n) is 13.6. The Morgan fingerprint density at radius 1 is 1.25 bits per heavy atom. The molecular formula is C16H19ClN6O. The average molecular weight is 347 g/mol. The lowest BCUT2D eigenvalue weighted by atomic mass is 9.99. The number of nitriles is 1. The fraction of sp³-hybridized carbons (Fsp3) is 0.438. The molecule has 3 rings (SSSR count). The summed E-state index contributed by atoms with van der Waals surface area (Å²) in [4.78, 5) is 10.7. The summed E-state index contributed by atoms with van der Waals surface area (Å²) < 4.78 is 5.73. The molecule has 0 aliphatic carbocycles. The third-order valence-electron chi connectivity index (χ3n) is 4.30. The van der Waals surface area contributed by atoms with E-state index in [-0.39, 0.29) is 17.7 Å². The van der Waals surface area contributed by atoms with Crippen molar-refractivity contribution in [3.63, 3.8) is 0 Å². The summed E-state index contributed by atoms with van der Waals surface area (Å²) in [5.74, 6) is 1.82. The number of ether oxygens (including phenoxy) is 1. The van der Waals surface area contributed by atoms with Gasteiger partial charge >= 0.3 is 0 Å². The van der Waals surface area contributed by atoms with Crippen molar-refractivity contribution in [2.24, 2.45) is 0 Å². The quantitative estimate of drug-likeness (QED) is 0.814. The summed E-state index contributed by atoms with van der Waals surface area (Å²) in [6.45, 7) is 5.44. The Morgan fingerprint density at radius 3 is 2.50 bits per heavy atom. The first-order valence-corrected chi connectivity index (χ1v) is 8.38. The molecule has 2 aromatic rings. The van der Waals surface area contributed by atoms with Crippen molar-refractivity contribution in [3.05, 3.63) is 11.1 Å². The molecule has 0 radical (unpaired) electrons. The van der Waals surface area contributed by atoms with Crippen LogP contribution in [-0.4, -0.2) is 35.0 Å². The highest BCUT2D eigenvalue weighted by molar-refractivity contribution is 6.18. The second-order valence-electron chi connectivity index (χ2n) is 5.61. The van der Waals surface area contributed by atoms with Crippen LogP contribution in [0.3, 0.4) is 0 Å². The highest BCUT2D eigenvalue weighted by atomic mass is 35.5. The van der Waals surface area contributed by atoms with Gasteiger partial charge in [-0.3, -0.25) is 0 Å². The molecule has 0 spiro atoms. The minimum absolute atomic E-state index is 0.183. The van der Waals surface area contributed by atoms with Crippen LogP contribution in [-0.2, 0) is 6.42 Å². The summed E-state index contributed by atoms with van der Waals surface area (Å²) in [5.41, 5.74) is 13.5. The fourth-order valence-electron chi connectivity index (χ4n) is 3.15. The number of fused-ring (bicyclic) bond motifs is 3. The van der Waals surface area contributed by atoms with E-state index >= 15 is 0 Å². The highest BCUT2D eigenvalue weighted by Gasteiger charge is 2.30. The minimum Gasteiger partial charge on any atom is -0.472 e. The number of halogens is 1. The number of anilines is 3. The Hall–Kier alpha value is -2.46. The number of hydrogen-bond donors (Lipinski definition) is 2. The molecule has 2 aromatic heterocycles. The summed E-state index contributed by atoms with van der Waals surface area (Å²) in [6, 6.07) is 2.27. The van der Waals surface area contributed by atoms with Gasteiger partial charge in [0.2, 0.25) is 5.88 Å². The third-order valence-corrected chi connectivity index (χ3v) is 4.65.